The van der Waals surface area contributed by atoms with Crippen molar-refractivity contribution in [1.29, 1.82) is 0 Å². The van der Waals surface area contributed by atoms with E-state index in [0.29, 0.717) is 10.7 Å². The van der Waals surface area contributed by atoms with E-state index in [4.69, 9.17) is 16.3 Å². The van der Waals surface area contributed by atoms with E-state index in [2.05, 4.69) is 10.3 Å². The average molecular weight is 388 g/mol. The minimum atomic E-state index is -0.116. The molecular weight excluding hydrogens is 370 g/mol. The van der Waals surface area contributed by atoms with Gasteiger partial charge in [-0.3, -0.25) is 9.36 Å². The lowest BCUT2D eigenvalue weighted by Crippen LogP contribution is -2.14. The number of anilines is 1. The topological polar surface area (TPSA) is 56.2 Å². The Morgan fingerprint density at radius 2 is 2.15 bits per heavy atom. The Bertz CT molecular complexity index is 927. The van der Waals surface area contributed by atoms with Crippen LogP contribution in [0.5, 0.6) is 5.75 Å². The van der Waals surface area contributed by atoms with Crippen LogP contribution in [0.4, 0.5) is 5.69 Å². The van der Waals surface area contributed by atoms with Crippen molar-refractivity contribution in [2.75, 3.05) is 18.2 Å². The maximum absolute atomic E-state index is 12.2. The first kappa shape index (κ1) is 18.4. The molecule has 0 radical (unpaired) electrons. The van der Waals surface area contributed by atoms with Crippen molar-refractivity contribution >= 4 is 35.0 Å². The number of amides is 1. The fraction of sp³-hybridized carbons (Fsp3) is 0.158. The first-order chi connectivity index (χ1) is 12.6. The first-order valence-corrected chi connectivity index (χ1v) is 9.30. The SMILES string of the molecule is COc1cccc(-n2ccnc2SCC(=O)Nc2ccc(C)c(Cl)c2)c1. The summed E-state index contributed by atoms with van der Waals surface area (Å²) in [5.41, 5.74) is 2.58. The summed E-state index contributed by atoms with van der Waals surface area (Å²) in [6.45, 7) is 1.92. The van der Waals surface area contributed by atoms with Gasteiger partial charge in [0.2, 0.25) is 5.91 Å². The van der Waals surface area contributed by atoms with Gasteiger partial charge in [0.25, 0.3) is 0 Å². The van der Waals surface area contributed by atoms with Crippen molar-refractivity contribution in [3.63, 3.8) is 0 Å². The smallest absolute Gasteiger partial charge is 0.234 e. The van der Waals surface area contributed by atoms with Gasteiger partial charge in [0.1, 0.15) is 5.75 Å². The zero-order chi connectivity index (χ0) is 18.5. The Hall–Kier alpha value is -2.44. The molecule has 7 heteroatoms. The second-order valence-electron chi connectivity index (χ2n) is 5.58. The van der Waals surface area contributed by atoms with Gasteiger partial charge in [-0.1, -0.05) is 35.5 Å². The molecular formula is C19H18ClN3O2S. The van der Waals surface area contributed by atoms with Crippen LogP contribution in [0, 0.1) is 6.92 Å². The van der Waals surface area contributed by atoms with Gasteiger partial charge in [-0.2, -0.15) is 0 Å². The maximum atomic E-state index is 12.2. The van der Waals surface area contributed by atoms with E-state index in [1.54, 1.807) is 19.4 Å². The summed E-state index contributed by atoms with van der Waals surface area (Å²) in [7, 11) is 1.63. The van der Waals surface area contributed by atoms with Crippen LogP contribution < -0.4 is 10.1 Å². The standard InChI is InChI=1S/C19H18ClN3O2S/c1-13-6-7-14(10-17(13)20)22-18(24)12-26-19-21-8-9-23(19)15-4-3-5-16(11-15)25-2/h3-11H,12H2,1-2H3,(H,22,24). The number of nitrogens with one attached hydrogen (secondary N) is 1. The number of nitrogens with zero attached hydrogens (tertiary/aromatic N) is 2. The molecule has 5 nitrogen and oxygen atoms in total. The van der Waals surface area contributed by atoms with E-state index in [1.165, 1.54) is 11.8 Å². The summed E-state index contributed by atoms with van der Waals surface area (Å²) in [6, 6.07) is 13.1. The number of carbonyl (C=O) groups excluding carboxylic acids is 1. The predicted octanol–water partition coefficient (Wildman–Crippen LogP) is 4.57. The first-order valence-electron chi connectivity index (χ1n) is 7.93. The third-order valence-corrected chi connectivity index (χ3v) is 5.10. The highest BCUT2D eigenvalue weighted by Crippen LogP contribution is 2.24. The van der Waals surface area contributed by atoms with Gasteiger partial charge in [-0.15, -0.1) is 0 Å². The Morgan fingerprint density at radius 1 is 1.31 bits per heavy atom. The summed E-state index contributed by atoms with van der Waals surface area (Å²) in [5.74, 6) is 0.892. The quantitative estimate of drug-likeness (QED) is 0.629. The Morgan fingerprint density at radius 3 is 2.92 bits per heavy atom. The molecule has 134 valence electrons. The molecule has 1 aromatic heterocycles. The second-order valence-corrected chi connectivity index (χ2v) is 6.93. The average Bonchev–Trinajstić information content (AvgIpc) is 3.12. The lowest BCUT2D eigenvalue weighted by Gasteiger charge is -2.09. The van der Waals surface area contributed by atoms with Crippen LogP contribution in [0.25, 0.3) is 5.69 Å². The molecule has 3 aromatic rings. The number of ether oxygens (including phenoxy) is 1. The number of methoxy groups -OCH3 is 1. The lowest BCUT2D eigenvalue weighted by atomic mass is 10.2. The predicted molar refractivity (Wildman–Crippen MR) is 106 cm³/mol. The molecule has 0 spiro atoms. The molecule has 0 aliphatic heterocycles. The number of halogens is 1. The van der Waals surface area contributed by atoms with Crippen LogP contribution in [-0.2, 0) is 4.79 Å². The van der Waals surface area contributed by atoms with Gasteiger partial charge in [0.15, 0.2) is 5.16 Å². The number of imidazole rings is 1. The van der Waals surface area contributed by atoms with Crippen molar-refractivity contribution in [3.05, 3.63) is 65.4 Å². The van der Waals surface area contributed by atoms with Crippen LogP contribution in [0.3, 0.4) is 0 Å². The van der Waals surface area contributed by atoms with Gasteiger partial charge in [0, 0.05) is 29.2 Å². The highest BCUT2D eigenvalue weighted by atomic mass is 35.5. The zero-order valence-corrected chi connectivity index (χ0v) is 16.0. The van der Waals surface area contributed by atoms with Crippen LogP contribution >= 0.6 is 23.4 Å². The van der Waals surface area contributed by atoms with Crippen LogP contribution in [0.15, 0.2) is 60.0 Å². The molecule has 0 saturated carbocycles. The summed E-state index contributed by atoms with van der Waals surface area (Å²) in [5, 5.41) is 4.21. The normalized spacial score (nSPS) is 10.6. The molecule has 0 unspecified atom stereocenters. The molecule has 2 aromatic carbocycles. The summed E-state index contributed by atoms with van der Waals surface area (Å²) < 4.78 is 7.18. The highest BCUT2D eigenvalue weighted by molar-refractivity contribution is 7.99. The largest absolute Gasteiger partial charge is 0.497 e. The van der Waals surface area contributed by atoms with Gasteiger partial charge < -0.3 is 10.1 Å². The van der Waals surface area contributed by atoms with E-state index >= 15 is 0 Å². The highest BCUT2D eigenvalue weighted by Gasteiger charge is 2.10. The van der Waals surface area contributed by atoms with Crippen molar-refractivity contribution in [2.45, 2.75) is 12.1 Å². The van der Waals surface area contributed by atoms with Crippen molar-refractivity contribution in [2.24, 2.45) is 0 Å². The molecule has 0 aliphatic carbocycles. The van der Waals surface area contributed by atoms with Gasteiger partial charge in [-0.05, 0) is 36.8 Å². The third kappa shape index (κ3) is 4.39. The Balaban J connectivity index is 1.66. The number of carbonyl (C=O) groups is 1. The van der Waals surface area contributed by atoms with E-state index in [1.807, 2.05) is 54.1 Å². The molecule has 3 rings (SSSR count). The fourth-order valence-corrected chi connectivity index (χ4v) is 3.30. The van der Waals surface area contributed by atoms with Crippen molar-refractivity contribution in [3.8, 4) is 11.4 Å². The molecule has 0 fully saturated rings. The number of aryl methyl sites for hydroxylation is 1. The van der Waals surface area contributed by atoms with Crippen LogP contribution in [0.1, 0.15) is 5.56 Å². The van der Waals surface area contributed by atoms with Gasteiger partial charge >= 0.3 is 0 Å². The number of hydrogen-bond acceptors (Lipinski definition) is 4. The minimum Gasteiger partial charge on any atom is -0.497 e. The zero-order valence-electron chi connectivity index (χ0n) is 14.4. The van der Waals surface area contributed by atoms with E-state index in [-0.39, 0.29) is 11.7 Å². The van der Waals surface area contributed by atoms with Crippen LogP contribution in [-0.4, -0.2) is 28.3 Å². The number of hydrogen-bond donors (Lipinski definition) is 1. The molecule has 1 heterocycles. The monoisotopic (exact) mass is 387 g/mol. The molecule has 0 saturated heterocycles. The third-order valence-electron chi connectivity index (χ3n) is 3.73. The van der Waals surface area contributed by atoms with E-state index < -0.39 is 0 Å². The number of thioether (sulfide) groups is 1. The second kappa shape index (κ2) is 8.29. The molecule has 0 atom stereocenters. The minimum absolute atomic E-state index is 0.116. The number of benzene rings is 2. The molecule has 1 amide bonds. The fourth-order valence-electron chi connectivity index (χ4n) is 2.35. The molecule has 0 bridgehead atoms. The molecule has 1 N–H and O–H groups in total. The lowest BCUT2D eigenvalue weighted by molar-refractivity contribution is -0.113. The maximum Gasteiger partial charge on any atom is 0.234 e. The number of aromatic nitrogens is 2. The Kier molecular flexibility index (Phi) is 5.85. The summed E-state index contributed by atoms with van der Waals surface area (Å²) in [4.78, 5) is 16.6. The van der Waals surface area contributed by atoms with Crippen molar-refractivity contribution < 1.29 is 9.53 Å². The van der Waals surface area contributed by atoms with Gasteiger partial charge in [-0.25, -0.2) is 4.98 Å². The van der Waals surface area contributed by atoms with Gasteiger partial charge in [0.05, 0.1) is 18.6 Å². The summed E-state index contributed by atoms with van der Waals surface area (Å²) >= 11 is 7.45. The molecule has 26 heavy (non-hydrogen) atoms. The van der Waals surface area contributed by atoms with E-state index in [9.17, 15) is 4.79 Å². The van der Waals surface area contributed by atoms with Crippen LogP contribution in [0.2, 0.25) is 5.02 Å². The number of rotatable bonds is 6. The Labute approximate surface area is 161 Å². The van der Waals surface area contributed by atoms with E-state index in [0.717, 1.165) is 22.2 Å². The van der Waals surface area contributed by atoms with Crippen molar-refractivity contribution in [1.82, 2.24) is 9.55 Å². The summed E-state index contributed by atoms with van der Waals surface area (Å²) in [6.07, 6.45) is 3.56. The molecule has 0 aliphatic rings.